The Bertz CT molecular complexity index is 455. The first kappa shape index (κ1) is 9.60. The molecule has 1 saturated heterocycles. The predicted molar refractivity (Wildman–Crippen MR) is 63.8 cm³/mol. The number of imidazole rings is 1. The van der Waals surface area contributed by atoms with Crippen molar-refractivity contribution < 1.29 is 0 Å². The lowest BCUT2D eigenvalue weighted by Gasteiger charge is -2.11. The van der Waals surface area contributed by atoms with E-state index in [1.807, 2.05) is 18.5 Å². The van der Waals surface area contributed by atoms with Crippen molar-refractivity contribution in [3.63, 3.8) is 0 Å². The lowest BCUT2D eigenvalue weighted by molar-refractivity contribution is 0.687. The molecular weight excluding hydrogens is 198 g/mol. The first-order valence-corrected chi connectivity index (χ1v) is 5.74. The highest BCUT2D eigenvalue weighted by Crippen LogP contribution is 2.23. The van der Waals surface area contributed by atoms with Gasteiger partial charge in [0.25, 0.3) is 0 Å². The Morgan fingerprint density at radius 1 is 1.25 bits per heavy atom. The van der Waals surface area contributed by atoms with Crippen LogP contribution in [0.25, 0.3) is 5.69 Å². The predicted octanol–water partition coefficient (Wildman–Crippen LogP) is 1.95. The molecule has 1 aliphatic rings. The fraction of sp³-hybridized carbons (Fsp3) is 0.308. The summed E-state index contributed by atoms with van der Waals surface area (Å²) >= 11 is 0. The van der Waals surface area contributed by atoms with Crippen LogP contribution < -0.4 is 5.32 Å². The van der Waals surface area contributed by atoms with Crippen LogP contribution in [-0.4, -0.2) is 22.6 Å². The lowest BCUT2D eigenvalue weighted by atomic mass is 10.1. The fourth-order valence-corrected chi connectivity index (χ4v) is 2.30. The molecule has 2 heterocycles. The lowest BCUT2D eigenvalue weighted by Crippen LogP contribution is -2.11. The van der Waals surface area contributed by atoms with Crippen LogP contribution in [0.3, 0.4) is 0 Å². The zero-order valence-corrected chi connectivity index (χ0v) is 9.13. The Balaban J connectivity index is 1.99. The van der Waals surface area contributed by atoms with E-state index < -0.39 is 0 Å². The van der Waals surface area contributed by atoms with E-state index in [0.29, 0.717) is 5.92 Å². The third kappa shape index (κ3) is 1.63. The van der Waals surface area contributed by atoms with Crippen molar-refractivity contribution in [3.8, 4) is 5.69 Å². The number of nitrogens with zero attached hydrogens (tertiary/aromatic N) is 2. The highest BCUT2D eigenvalue weighted by molar-refractivity contribution is 5.33. The number of rotatable bonds is 2. The van der Waals surface area contributed by atoms with Crippen LogP contribution in [0.15, 0.2) is 42.7 Å². The second kappa shape index (κ2) is 4.10. The summed E-state index contributed by atoms with van der Waals surface area (Å²) in [6.45, 7) is 2.15. The zero-order chi connectivity index (χ0) is 10.8. The third-order valence-electron chi connectivity index (χ3n) is 3.13. The highest BCUT2D eigenvalue weighted by atomic mass is 15.1. The van der Waals surface area contributed by atoms with Crippen molar-refractivity contribution in [2.24, 2.45) is 0 Å². The van der Waals surface area contributed by atoms with Crippen molar-refractivity contribution in [1.82, 2.24) is 14.9 Å². The maximum absolute atomic E-state index is 4.50. The molecule has 0 radical (unpaired) electrons. The first-order valence-electron chi connectivity index (χ1n) is 5.74. The number of para-hydroxylation sites is 1. The van der Waals surface area contributed by atoms with E-state index in [2.05, 4.69) is 39.1 Å². The van der Waals surface area contributed by atoms with Crippen molar-refractivity contribution in [2.75, 3.05) is 13.1 Å². The number of nitrogens with one attached hydrogen (secondary N) is 1. The number of hydrogen-bond acceptors (Lipinski definition) is 2. The Kier molecular flexibility index (Phi) is 2.46. The van der Waals surface area contributed by atoms with Crippen LogP contribution in [0.5, 0.6) is 0 Å². The molecule has 2 aromatic rings. The van der Waals surface area contributed by atoms with Gasteiger partial charge in [0.15, 0.2) is 0 Å². The Morgan fingerprint density at radius 2 is 2.12 bits per heavy atom. The van der Waals surface area contributed by atoms with Crippen molar-refractivity contribution in [2.45, 2.75) is 12.3 Å². The summed E-state index contributed by atoms with van der Waals surface area (Å²) in [5.41, 5.74) is 1.20. The van der Waals surface area contributed by atoms with E-state index in [4.69, 9.17) is 0 Å². The molecule has 1 unspecified atom stereocenters. The zero-order valence-electron chi connectivity index (χ0n) is 9.13. The highest BCUT2D eigenvalue weighted by Gasteiger charge is 2.21. The maximum atomic E-state index is 4.50. The topological polar surface area (TPSA) is 29.9 Å². The van der Waals surface area contributed by atoms with Gasteiger partial charge in [0.05, 0.1) is 0 Å². The average Bonchev–Trinajstić information content (AvgIpc) is 3.01. The molecule has 3 nitrogen and oxygen atoms in total. The molecule has 3 rings (SSSR count). The van der Waals surface area contributed by atoms with Gasteiger partial charge in [0.1, 0.15) is 5.82 Å². The van der Waals surface area contributed by atoms with Gasteiger partial charge in [-0.25, -0.2) is 4.98 Å². The van der Waals surface area contributed by atoms with E-state index in [9.17, 15) is 0 Å². The molecule has 0 spiro atoms. The van der Waals surface area contributed by atoms with Gasteiger partial charge in [0, 0.05) is 30.5 Å². The molecule has 3 heteroatoms. The number of aromatic nitrogens is 2. The molecule has 0 aliphatic carbocycles. The van der Waals surface area contributed by atoms with Gasteiger partial charge < -0.3 is 9.88 Å². The standard InChI is InChI=1S/C13H15N3/c1-2-4-12(5-3-1)16-9-8-15-13(16)11-6-7-14-10-11/h1-5,8-9,11,14H,6-7,10H2. The normalized spacial score (nSPS) is 20.1. The Hall–Kier alpha value is -1.61. The maximum Gasteiger partial charge on any atom is 0.117 e. The summed E-state index contributed by atoms with van der Waals surface area (Å²) in [6, 6.07) is 10.4. The van der Waals surface area contributed by atoms with Crippen LogP contribution in [-0.2, 0) is 0 Å². The second-order valence-corrected chi connectivity index (χ2v) is 4.18. The van der Waals surface area contributed by atoms with Gasteiger partial charge in [0.2, 0.25) is 0 Å². The molecule has 0 amide bonds. The number of benzene rings is 1. The van der Waals surface area contributed by atoms with Crippen LogP contribution in [0.4, 0.5) is 0 Å². The molecule has 1 N–H and O–H groups in total. The van der Waals surface area contributed by atoms with E-state index in [0.717, 1.165) is 13.1 Å². The van der Waals surface area contributed by atoms with E-state index >= 15 is 0 Å². The smallest absolute Gasteiger partial charge is 0.117 e. The van der Waals surface area contributed by atoms with Crippen LogP contribution in [0.1, 0.15) is 18.2 Å². The minimum absolute atomic E-state index is 0.551. The molecule has 1 atom stereocenters. The minimum atomic E-state index is 0.551. The molecule has 82 valence electrons. The monoisotopic (exact) mass is 213 g/mol. The summed E-state index contributed by atoms with van der Waals surface area (Å²) in [5.74, 6) is 1.73. The van der Waals surface area contributed by atoms with Gasteiger partial charge in [-0.2, -0.15) is 0 Å². The largest absolute Gasteiger partial charge is 0.316 e. The van der Waals surface area contributed by atoms with Gasteiger partial charge in [-0.15, -0.1) is 0 Å². The number of hydrogen-bond donors (Lipinski definition) is 1. The van der Waals surface area contributed by atoms with Crippen LogP contribution >= 0.6 is 0 Å². The Labute approximate surface area is 95.1 Å². The Morgan fingerprint density at radius 3 is 2.88 bits per heavy atom. The summed E-state index contributed by atoms with van der Waals surface area (Å²) in [6.07, 6.45) is 5.12. The molecule has 16 heavy (non-hydrogen) atoms. The van der Waals surface area contributed by atoms with Crippen molar-refractivity contribution >= 4 is 0 Å². The third-order valence-corrected chi connectivity index (χ3v) is 3.13. The molecule has 1 aromatic heterocycles. The molecule has 1 fully saturated rings. The van der Waals surface area contributed by atoms with E-state index in [1.165, 1.54) is 17.9 Å². The van der Waals surface area contributed by atoms with Crippen LogP contribution in [0.2, 0.25) is 0 Å². The van der Waals surface area contributed by atoms with Crippen molar-refractivity contribution in [3.05, 3.63) is 48.5 Å². The van der Waals surface area contributed by atoms with Crippen LogP contribution in [0, 0.1) is 0 Å². The van der Waals surface area contributed by atoms with E-state index in [1.54, 1.807) is 0 Å². The fourth-order valence-electron chi connectivity index (χ4n) is 2.30. The first-order chi connectivity index (χ1) is 7.95. The van der Waals surface area contributed by atoms with Gasteiger partial charge >= 0.3 is 0 Å². The molecule has 1 aliphatic heterocycles. The molecular formula is C13H15N3. The molecule has 0 saturated carbocycles. The van der Waals surface area contributed by atoms with Gasteiger partial charge in [-0.05, 0) is 25.1 Å². The SMILES string of the molecule is c1ccc(-n2ccnc2C2CCNC2)cc1. The van der Waals surface area contributed by atoms with Crippen molar-refractivity contribution in [1.29, 1.82) is 0 Å². The van der Waals surface area contributed by atoms with Gasteiger partial charge in [-0.3, -0.25) is 0 Å². The molecule has 1 aromatic carbocycles. The minimum Gasteiger partial charge on any atom is -0.316 e. The second-order valence-electron chi connectivity index (χ2n) is 4.18. The summed E-state index contributed by atoms with van der Waals surface area (Å²) in [4.78, 5) is 4.50. The summed E-state index contributed by atoms with van der Waals surface area (Å²) < 4.78 is 2.19. The molecule has 0 bridgehead atoms. The average molecular weight is 213 g/mol. The summed E-state index contributed by atoms with van der Waals surface area (Å²) in [7, 11) is 0. The van der Waals surface area contributed by atoms with Gasteiger partial charge in [-0.1, -0.05) is 18.2 Å². The summed E-state index contributed by atoms with van der Waals surface area (Å²) in [5, 5.41) is 3.39. The quantitative estimate of drug-likeness (QED) is 0.826. The van der Waals surface area contributed by atoms with E-state index in [-0.39, 0.29) is 0 Å².